The maximum atomic E-state index is 11.9. The second-order valence-electron chi connectivity index (χ2n) is 3.87. The zero-order chi connectivity index (χ0) is 14.3. The first-order valence-corrected chi connectivity index (χ1v) is 6.06. The van der Waals surface area contributed by atoms with Crippen LogP contribution in [-0.4, -0.2) is 39.2 Å². The number of hydrogen-bond donors (Lipinski definition) is 1. The van der Waals surface area contributed by atoms with Crippen molar-refractivity contribution in [2.75, 3.05) is 27.4 Å². The smallest absolute Gasteiger partial charge is 0.325 e. The maximum absolute atomic E-state index is 11.9. The Hall–Kier alpha value is -1.98. The first-order valence-electron chi connectivity index (χ1n) is 6.06. The Bertz CT molecular complexity index is 400. The summed E-state index contributed by atoms with van der Waals surface area (Å²) in [6, 6.07) is 0. The summed E-state index contributed by atoms with van der Waals surface area (Å²) in [5, 5.41) is 2.53. The fraction of sp³-hybridized carbons (Fsp3) is 0.538. The van der Waals surface area contributed by atoms with Crippen LogP contribution in [0, 0.1) is 5.92 Å². The van der Waals surface area contributed by atoms with Crippen molar-refractivity contribution in [2.24, 2.45) is 5.92 Å². The molecule has 1 amide bonds. The summed E-state index contributed by atoms with van der Waals surface area (Å²) in [6.45, 7) is 1.89. The van der Waals surface area contributed by atoms with Gasteiger partial charge in [-0.25, -0.2) is 0 Å². The second-order valence-corrected chi connectivity index (χ2v) is 3.87. The molecule has 0 spiro atoms. The third-order valence-corrected chi connectivity index (χ3v) is 2.64. The van der Waals surface area contributed by atoms with E-state index in [4.69, 9.17) is 14.2 Å². The van der Waals surface area contributed by atoms with Crippen LogP contribution in [0.25, 0.3) is 0 Å². The molecule has 1 aliphatic rings. The molecule has 0 saturated carbocycles. The number of methoxy groups -OCH3 is 2. The van der Waals surface area contributed by atoms with E-state index in [-0.39, 0.29) is 18.4 Å². The fourth-order valence-corrected chi connectivity index (χ4v) is 1.71. The summed E-state index contributed by atoms with van der Waals surface area (Å²) < 4.78 is 15.0. The first-order chi connectivity index (χ1) is 9.12. The van der Waals surface area contributed by atoms with Gasteiger partial charge in [-0.05, 0) is 25.5 Å². The molecule has 6 nitrogen and oxygen atoms in total. The van der Waals surface area contributed by atoms with E-state index in [1.54, 1.807) is 26.2 Å². The third kappa shape index (κ3) is 4.31. The van der Waals surface area contributed by atoms with Gasteiger partial charge in [0, 0.05) is 0 Å². The molecule has 6 heteroatoms. The fourth-order valence-electron chi connectivity index (χ4n) is 1.71. The summed E-state index contributed by atoms with van der Waals surface area (Å²) >= 11 is 0. The van der Waals surface area contributed by atoms with Crippen molar-refractivity contribution in [1.29, 1.82) is 0 Å². The zero-order valence-electron chi connectivity index (χ0n) is 11.4. The first kappa shape index (κ1) is 15.1. The Morgan fingerprint density at radius 3 is 2.58 bits per heavy atom. The molecule has 0 aromatic rings. The van der Waals surface area contributed by atoms with E-state index in [0.717, 1.165) is 0 Å². The Morgan fingerprint density at radius 1 is 1.32 bits per heavy atom. The number of rotatable bonds is 6. The number of allylic oxidation sites excluding steroid dienone is 1. The van der Waals surface area contributed by atoms with E-state index in [1.165, 1.54) is 7.11 Å². The highest BCUT2D eigenvalue weighted by molar-refractivity contribution is 5.85. The predicted molar refractivity (Wildman–Crippen MR) is 67.9 cm³/mol. The molecule has 0 aliphatic heterocycles. The SMILES string of the molecule is CCOC(=O)CNC(=O)C1C=C(OC)C(OC)=CC1. The van der Waals surface area contributed by atoms with Gasteiger partial charge in [0.05, 0.1) is 26.7 Å². The lowest BCUT2D eigenvalue weighted by Crippen LogP contribution is -2.35. The Labute approximate surface area is 112 Å². The molecule has 19 heavy (non-hydrogen) atoms. The third-order valence-electron chi connectivity index (χ3n) is 2.64. The molecule has 1 rings (SSSR count). The molecule has 106 valence electrons. The minimum Gasteiger partial charge on any atom is -0.493 e. The van der Waals surface area contributed by atoms with Crippen LogP contribution >= 0.6 is 0 Å². The molecule has 1 atom stereocenters. The summed E-state index contributed by atoms with van der Waals surface area (Å²) in [4.78, 5) is 23.0. The van der Waals surface area contributed by atoms with Gasteiger partial charge in [-0.15, -0.1) is 0 Å². The number of esters is 1. The topological polar surface area (TPSA) is 73.9 Å². The summed E-state index contributed by atoms with van der Waals surface area (Å²) in [7, 11) is 3.05. The maximum Gasteiger partial charge on any atom is 0.325 e. The molecular weight excluding hydrogens is 250 g/mol. The number of carbonyl (C=O) groups is 2. The monoisotopic (exact) mass is 269 g/mol. The Balaban J connectivity index is 2.53. The van der Waals surface area contributed by atoms with Crippen LogP contribution in [0.2, 0.25) is 0 Å². The van der Waals surface area contributed by atoms with Crippen LogP contribution < -0.4 is 5.32 Å². The molecule has 1 aliphatic carbocycles. The number of nitrogens with one attached hydrogen (secondary N) is 1. The van der Waals surface area contributed by atoms with E-state index < -0.39 is 5.97 Å². The average Bonchev–Trinajstić information content (AvgIpc) is 2.44. The van der Waals surface area contributed by atoms with Crippen molar-refractivity contribution in [1.82, 2.24) is 5.32 Å². The van der Waals surface area contributed by atoms with E-state index in [9.17, 15) is 9.59 Å². The van der Waals surface area contributed by atoms with Crippen LogP contribution in [0.4, 0.5) is 0 Å². The normalized spacial score (nSPS) is 17.9. The van der Waals surface area contributed by atoms with Gasteiger partial charge >= 0.3 is 5.97 Å². The average molecular weight is 269 g/mol. The van der Waals surface area contributed by atoms with Crippen LogP contribution in [0.15, 0.2) is 23.7 Å². The highest BCUT2D eigenvalue weighted by atomic mass is 16.5. The second kappa shape index (κ2) is 7.45. The van der Waals surface area contributed by atoms with E-state index >= 15 is 0 Å². The molecule has 0 fully saturated rings. The standard InChI is InChI=1S/C13H19NO5/c1-4-19-12(15)8-14-13(16)9-5-6-10(17-2)11(7-9)18-3/h6-7,9H,4-5,8H2,1-3H3,(H,14,16). The minimum atomic E-state index is -0.448. The number of ether oxygens (including phenoxy) is 3. The van der Waals surface area contributed by atoms with Crippen molar-refractivity contribution in [2.45, 2.75) is 13.3 Å². The van der Waals surface area contributed by atoms with Crippen molar-refractivity contribution >= 4 is 11.9 Å². The number of carbonyl (C=O) groups excluding carboxylic acids is 2. The van der Waals surface area contributed by atoms with Gasteiger partial charge in [-0.3, -0.25) is 9.59 Å². The Kier molecular flexibility index (Phi) is 5.92. The largest absolute Gasteiger partial charge is 0.493 e. The van der Waals surface area contributed by atoms with Crippen LogP contribution in [-0.2, 0) is 23.8 Å². The lowest BCUT2D eigenvalue weighted by molar-refractivity contribution is -0.143. The Morgan fingerprint density at radius 2 is 2.00 bits per heavy atom. The molecule has 0 saturated heterocycles. The van der Waals surface area contributed by atoms with Crippen molar-refractivity contribution in [3.63, 3.8) is 0 Å². The molecule has 0 aromatic carbocycles. The lowest BCUT2D eigenvalue weighted by atomic mass is 9.98. The highest BCUT2D eigenvalue weighted by Gasteiger charge is 2.23. The van der Waals surface area contributed by atoms with Crippen molar-refractivity contribution in [3.8, 4) is 0 Å². The van der Waals surface area contributed by atoms with Gasteiger partial charge < -0.3 is 19.5 Å². The number of hydrogen-bond acceptors (Lipinski definition) is 5. The lowest BCUT2D eigenvalue weighted by Gasteiger charge is -2.19. The molecular formula is C13H19NO5. The van der Waals surface area contributed by atoms with Gasteiger partial charge in [-0.2, -0.15) is 0 Å². The van der Waals surface area contributed by atoms with E-state index in [1.807, 2.05) is 0 Å². The highest BCUT2D eigenvalue weighted by Crippen LogP contribution is 2.23. The van der Waals surface area contributed by atoms with E-state index in [0.29, 0.717) is 24.5 Å². The van der Waals surface area contributed by atoms with Gasteiger partial charge in [0.25, 0.3) is 0 Å². The van der Waals surface area contributed by atoms with Crippen LogP contribution in [0.5, 0.6) is 0 Å². The molecule has 0 heterocycles. The van der Waals surface area contributed by atoms with E-state index in [2.05, 4.69) is 5.32 Å². The molecule has 1 unspecified atom stereocenters. The predicted octanol–water partition coefficient (Wildman–Crippen LogP) is 0.746. The van der Waals surface area contributed by atoms with Gasteiger partial charge in [-0.1, -0.05) is 0 Å². The summed E-state index contributed by atoms with van der Waals surface area (Å²) in [5.41, 5.74) is 0. The van der Waals surface area contributed by atoms with Gasteiger partial charge in [0.1, 0.15) is 6.54 Å². The zero-order valence-corrected chi connectivity index (χ0v) is 11.4. The molecule has 0 aromatic heterocycles. The molecule has 1 N–H and O–H groups in total. The number of amides is 1. The quantitative estimate of drug-likeness (QED) is 0.720. The minimum absolute atomic E-state index is 0.125. The molecule has 0 bridgehead atoms. The molecule has 0 radical (unpaired) electrons. The summed E-state index contributed by atoms with van der Waals surface area (Å²) in [5.74, 6) is 0.0648. The van der Waals surface area contributed by atoms with Crippen molar-refractivity contribution in [3.05, 3.63) is 23.7 Å². The summed E-state index contributed by atoms with van der Waals surface area (Å²) in [6.07, 6.45) is 3.97. The van der Waals surface area contributed by atoms with Crippen LogP contribution in [0.1, 0.15) is 13.3 Å². The van der Waals surface area contributed by atoms with Crippen molar-refractivity contribution < 1.29 is 23.8 Å². The van der Waals surface area contributed by atoms with Crippen LogP contribution in [0.3, 0.4) is 0 Å². The van der Waals surface area contributed by atoms with Gasteiger partial charge in [0.15, 0.2) is 11.5 Å². The van der Waals surface area contributed by atoms with Gasteiger partial charge in [0.2, 0.25) is 5.91 Å².